The lowest BCUT2D eigenvalue weighted by Gasteiger charge is -2.06. The van der Waals surface area contributed by atoms with E-state index in [1.54, 1.807) is 11.3 Å². The minimum atomic E-state index is -0.0341. The van der Waals surface area contributed by atoms with Crippen LogP contribution in [-0.2, 0) is 17.8 Å². The molecule has 1 amide bonds. The van der Waals surface area contributed by atoms with E-state index in [9.17, 15) is 4.79 Å². The minimum absolute atomic E-state index is 0.0341. The summed E-state index contributed by atoms with van der Waals surface area (Å²) < 4.78 is 0. The van der Waals surface area contributed by atoms with Gasteiger partial charge in [0.1, 0.15) is 0 Å². The van der Waals surface area contributed by atoms with Gasteiger partial charge in [0.2, 0.25) is 5.91 Å². The highest BCUT2D eigenvalue weighted by Crippen LogP contribution is 2.21. The summed E-state index contributed by atoms with van der Waals surface area (Å²) in [5.74, 6) is -0.0341. The Bertz CT molecular complexity index is 524. The van der Waals surface area contributed by atoms with Gasteiger partial charge in [-0.1, -0.05) is 6.07 Å². The van der Waals surface area contributed by atoms with E-state index in [1.165, 1.54) is 6.92 Å². The summed E-state index contributed by atoms with van der Waals surface area (Å²) in [6.07, 6.45) is 2.71. The first-order chi connectivity index (χ1) is 9.25. The van der Waals surface area contributed by atoms with Crippen molar-refractivity contribution >= 4 is 22.9 Å². The van der Waals surface area contributed by atoms with Gasteiger partial charge >= 0.3 is 0 Å². The fraction of sp³-hybridized carbons (Fsp3) is 0.286. The maximum Gasteiger partial charge on any atom is 0.221 e. The minimum Gasteiger partial charge on any atom is -0.325 e. The third-order valence-electron chi connectivity index (χ3n) is 2.63. The van der Waals surface area contributed by atoms with E-state index in [1.807, 2.05) is 35.8 Å². The Morgan fingerprint density at radius 2 is 2.26 bits per heavy atom. The summed E-state index contributed by atoms with van der Waals surface area (Å²) in [6, 6.07) is 7.87. The lowest BCUT2D eigenvalue weighted by molar-refractivity contribution is -0.114. The second-order valence-corrected chi connectivity index (χ2v) is 5.19. The molecule has 2 rings (SSSR count). The molecule has 4 nitrogen and oxygen atoms in total. The zero-order chi connectivity index (χ0) is 13.5. The SMILES string of the molecule is CC(=O)Nc1ccsc1CNCCc1ccccn1. The number of carbonyl (C=O) groups excluding carboxylic acids is 1. The van der Waals surface area contributed by atoms with Gasteiger partial charge in [0.05, 0.1) is 5.69 Å². The predicted molar refractivity (Wildman–Crippen MR) is 78.3 cm³/mol. The highest BCUT2D eigenvalue weighted by molar-refractivity contribution is 7.10. The van der Waals surface area contributed by atoms with Crippen LogP contribution in [0, 0.1) is 0 Å². The lowest BCUT2D eigenvalue weighted by Crippen LogP contribution is -2.17. The molecule has 2 aromatic rings. The van der Waals surface area contributed by atoms with Gasteiger partial charge in [0, 0.05) is 43.2 Å². The van der Waals surface area contributed by atoms with Crippen LogP contribution in [-0.4, -0.2) is 17.4 Å². The zero-order valence-electron chi connectivity index (χ0n) is 10.8. The number of nitrogens with zero attached hydrogens (tertiary/aromatic N) is 1. The summed E-state index contributed by atoms with van der Waals surface area (Å²) in [5, 5.41) is 8.19. The summed E-state index contributed by atoms with van der Waals surface area (Å²) in [5.41, 5.74) is 1.99. The molecule has 0 aliphatic heterocycles. The monoisotopic (exact) mass is 275 g/mol. The van der Waals surface area contributed by atoms with Crippen LogP contribution in [0.3, 0.4) is 0 Å². The van der Waals surface area contributed by atoms with Crippen LogP contribution in [0.5, 0.6) is 0 Å². The standard InChI is InChI=1S/C14H17N3OS/c1-11(18)17-13-6-9-19-14(13)10-15-8-5-12-4-2-3-7-16-12/h2-4,6-7,9,15H,5,8,10H2,1H3,(H,17,18). The Labute approximate surface area is 116 Å². The van der Waals surface area contributed by atoms with Crippen LogP contribution in [0.4, 0.5) is 5.69 Å². The number of anilines is 1. The molecule has 0 saturated heterocycles. The van der Waals surface area contributed by atoms with Crippen molar-refractivity contribution in [1.29, 1.82) is 0 Å². The number of thiophene rings is 1. The molecule has 2 aromatic heterocycles. The van der Waals surface area contributed by atoms with Crippen LogP contribution in [0.15, 0.2) is 35.8 Å². The fourth-order valence-corrected chi connectivity index (χ4v) is 2.54. The number of amides is 1. The molecule has 0 aromatic carbocycles. The first-order valence-electron chi connectivity index (χ1n) is 6.20. The molecule has 0 aliphatic carbocycles. The molecule has 0 aliphatic rings. The smallest absolute Gasteiger partial charge is 0.221 e. The van der Waals surface area contributed by atoms with Crippen LogP contribution in [0.1, 0.15) is 17.5 Å². The van der Waals surface area contributed by atoms with Crippen molar-refractivity contribution in [3.63, 3.8) is 0 Å². The Balaban J connectivity index is 1.77. The van der Waals surface area contributed by atoms with E-state index < -0.39 is 0 Å². The number of aromatic nitrogens is 1. The molecule has 2 heterocycles. The van der Waals surface area contributed by atoms with Gasteiger partial charge in [0.15, 0.2) is 0 Å². The van der Waals surface area contributed by atoms with Crippen molar-refractivity contribution in [3.05, 3.63) is 46.4 Å². The summed E-state index contributed by atoms with van der Waals surface area (Å²) >= 11 is 1.64. The van der Waals surface area contributed by atoms with Gasteiger partial charge in [-0.3, -0.25) is 9.78 Å². The van der Waals surface area contributed by atoms with Gasteiger partial charge < -0.3 is 10.6 Å². The highest BCUT2D eigenvalue weighted by Gasteiger charge is 2.05. The molecule has 19 heavy (non-hydrogen) atoms. The van der Waals surface area contributed by atoms with E-state index >= 15 is 0 Å². The predicted octanol–water partition coefficient (Wildman–Crippen LogP) is 2.43. The van der Waals surface area contributed by atoms with E-state index in [-0.39, 0.29) is 5.91 Å². The number of hydrogen-bond donors (Lipinski definition) is 2. The van der Waals surface area contributed by atoms with Crippen LogP contribution < -0.4 is 10.6 Å². The van der Waals surface area contributed by atoms with Gasteiger partial charge in [-0.25, -0.2) is 0 Å². The topological polar surface area (TPSA) is 54.0 Å². The molecule has 0 fully saturated rings. The Hall–Kier alpha value is -1.72. The first-order valence-corrected chi connectivity index (χ1v) is 7.08. The van der Waals surface area contributed by atoms with Gasteiger partial charge in [0.25, 0.3) is 0 Å². The second-order valence-electron chi connectivity index (χ2n) is 4.19. The van der Waals surface area contributed by atoms with Gasteiger partial charge in [-0.2, -0.15) is 0 Å². The lowest BCUT2D eigenvalue weighted by atomic mass is 10.2. The van der Waals surface area contributed by atoms with E-state index in [0.717, 1.165) is 35.8 Å². The normalized spacial score (nSPS) is 10.4. The van der Waals surface area contributed by atoms with Gasteiger partial charge in [-0.15, -0.1) is 11.3 Å². The van der Waals surface area contributed by atoms with Crippen LogP contribution in [0.2, 0.25) is 0 Å². The van der Waals surface area contributed by atoms with Crippen LogP contribution in [0.25, 0.3) is 0 Å². The Morgan fingerprint density at radius 1 is 1.37 bits per heavy atom. The largest absolute Gasteiger partial charge is 0.325 e. The third-order valence-corrected chi connectivity index (χ3v) is 3.55. The van der Waals surface area contributed by atoms with Crippen molar-refractivity contribution in [2.75, 3.05) is 11.9 Å². The van der Waals surface area contributed by atoms with E-state index in [2.05, 4.69) is 15.6 Å². The molecule has 0 radical (unpaired) electrons. The number of rotatable bonds is 6. The summed E-state index contributed by atoms with van der Waals surface area (Å²) in [6.45, 7) is 3.16. The molecule has 0 spiro atoms. The molecule has 2 N–H and O–H groups in total. The fourth-order valence-electron chi connectivity index (χ4n) is 1.74. The molecule has 0 saturated carbocycles. The van der Waals surface area contributed by atoms with Crippen molar-refractivity contribution in [2.45, 2.75) is 19.9 Å². The molecule has 5 heteroatoms. The van der Waals surface area contributed by atoms with Crippen molar-refractivity contribution in [1.82, 2.24) is 10.3 Å². The summed E-state index contributed by atoms with van der Waals surface area (Å²) in [7, 11) is 0. The third kappa shape index (κ3) is 4.46. The average Bonchev–Trinajstić information content (AvgIpc) is 2.82. The van der Waals surface area contributed by atoms with Crippen molar-refractivity contribution in [3.8, 4) is 0 Å². The molecular formula is C14H17N3OS. The second kappa shape index (κ2) is 7.01. The molecule has 0 unspecified atom stereocenters. The molecule has 100 valence electrons. The number of pyridine rings is 1. The molecule has 0 bridgehead atoms. The number of nitrogens with one attached hydrogen (secondary N) is 2. The Morgan fingerprint density at radius 3 is 3.00 bits per heavy atom. The first kappa shape index (κ1) is 13.7. The number of hydrogen-bond acceptors (Lipinski definition) is 4. The highest BCUT2D eigenvalue weighted by atomic mass is 32.1. The van der Waals surface area contributed by atoms with Crippen LogP contribution >= 0.6 is 11.3 Å². The molecule has 0 atom stereocenters. The van der Waals surface area contributed by atoms with E-state index in [0.29, 0.717) is 0 Å². The Kier molecular flexibility index (Phi) is 5.06. The average molecular weight is 275 g/mol. The summed E-state index contributed by atoms with van der Waals surface area (Å²) in [4.78, 5) is 16.5. The maximum atomic E-state index is 11.0. The zero-order valence-corrected chi connectivity index (χ0v) is 11.7. The van der Waals surface area contributed by atoms with Gasteiger partial charge in [-0.05, 0) is 23.6 Å². The van der Waals surface area contributed by atoms with Crippen molar-refractivity contribution in [2.24, 2.45) is 0 Å². The quantitative estimate of drug-likeness (QED) is 0.796. The number of carbonyl (C=O) groups is 1. The maximum absolute atomic E-state index is 11.0. The van der Waals surface area contributed by atoms with E-state index in [4.69, 9.17) is 0 Å². The van der Waals surface area contributed by atoms with Crippen molar-refractivity contribution < 1.29 is 4.79 Å². The molecular weight excluding hydrogens is 258 g/mol.